The molecule has 0 unspecified atom stereocenters. The van der Waals surface area contributed by atoms with Crippen molar-refractivity contribution in [3.05, 3.63) is 24.3 Å². The van der Waals surface area contributed by atoms with Crippen LogP contribution in [0.5, 0.6) is 0 Å². The van der Waals surface area contributed by atoms with Crippen LogP contribution in [0.4, 0.5) is 11.8 Å². The maximum Gasteiger partial charge on any atom is 0.222 e. The summed E-state index contributed by atoms with van der Waals surface area (Å²) in [5.41, 5.74) is 6.59. The standard InChI is InChI=1S/C13H16N4OS/c14-13-16-11-4-2-1-3-10(11)12(17-13)15-9-5-7-19(18)8-6-9/h1-4,9H,5-8H2,(H3,14,15,16,17). The molecular weight excluding hydrogens is 260 g/mol. The summed E-state index contributed by atoms with van der Waals surface area (Å²) in [7, 11) is -0.648. The third kappa shape index (κ3) is 2.68. The van der Waals surface area contributed by atoms with Gasteiger partial charge in [0.15, 0.2) is 0 Å². The third-order valence-corrected chi connectivity index (χ3v) is 4.73. The molecule has 0 aliphatic carbocycles. The highest BCUT2D eigenvalue weighted by atomic mass is 32.2. The summed E-state index contributed by atoms with van der Waals surface area (Å²) in [4.78, 5) is 8.51. The van der Waals surface area contributed by atoms with Gasteiger partial charge in [0, 0.05) is 33.7 Å². The van der Waals surface area contributed by atoms with Crippen LogP contribution in [-0.2, 0) is 10.8 Å². The van der Waals surface area contributed by atoms with Crippen molar-refractivity contribution in [1.82, 2.24) is 9.97 Å². The second kappa shape index (κ2) is 5.13. The van der Waals surface area contributed by atoms with Crippen LogP contribution in [0.15, 0.2) is 24.3 Å². The molecule has 0 saturated carbocycles. The average Bonchev–Trinajstić information content (AvgIpc) is 2.41. The van der Waals surface area contributed by atoms with Crippen LogP contribution in [0.3, 0.4) is 0 Å². The maximum absolute atomic E-state index is 11.4. The van der Waals surface area contributed by atoms with E-state index in [0.717, 1.165) is 41.1 Å². The lowest BCUT2D eigenvalue weighted by Gasteiger charge is -2.23. The highest BCUT2D eigenvalue weighted by Crippen LogP contribution is 2.23. The number of nitrogens with zero attached hydrogens (tertiary/aromatic N) is 2. The van der Waals surface area contributed by atoms with Gasteiger partial charge in [-0.05, 0) is 25.0 Å². The van der Waals surface area contributed by atoms with Crippen molar-refractivity contribution >= 4 is 33.5 Å². The molecule has 6 heteroatoms. The fraction of sp³-hybridized carbons (Fsp3) is 0.385. The number of nitrogens with two attached hydrogens (primary N) is 1. The van der Waals surface area contributed by atoms with E-state index in [1.165, 1.54) is 0 Å². The van der Waals surface area contributed by atoms with Crippen molar-refractivity contribution in [2.24, 2.45) is 0 Å². The Morgan fingerprint density at radius 2 is 1.95 bits per heavy atom. The van der Waals surface area contributed by atoms with Gasteiger partial charge in [0.25, 0.3) is 0 Å². The minimum absolute atomic E-state index is 0.278. The lowest BCUT2D eigenvalue weighted by molar-refractivity contribution is 0.623. The average molecular weight is 276 g/mol. The molecule has 3 rings (SSSR count). The molecule has 1 aromatic carbocycles. The molecule has 2 aromatic rings. The van der Waals surface area contributed by atoms with Crippen LogP contribution in [0, 0.1) is 0 Å². The van der Waals surface area contributed by atoms with Crippen molar-refractivity contribution in [2.75, 3.05) is 22.6 Å². The largest absolute Gasteiger partial charge is 0.368 e. The van der Waals surface area contributed by atoms with Crippen LogP contribution in [0.1, 0.15) is 12.8 Å². The van der Waals surface area contributed by atoms with Crippen molar-refractivity contribution in [2.45, 2.75) is 18.9 Å². The highest BCUT2D eigenvalue weighted by molar-refractivity contribution is 7.85. The Morgan fingerprint density at radius 3 is 2.74 bits per heavy atom. The van der Waals surface area contributed by atoms with E-state index < -0.39 is 10.8 Å². The first kappa shape index (κ1) is 12.3. The van der Waals surface area contributed by atoms with Gasteiger partial charge >= 0.3 is 0 Å². The number of hydrogen-bond donors (Lipinski definition) is 2. The third-order valence-electron chi connectivity index (χ3n) is 3.35. The molecular formula is C13H16N4OS. The van der Waals surface area contributed by atoms with Crippen molar-refractivity contribution in [3.8, 4) is 0 Å². The number of para-hydroxylation sites is 1. The minimum atomic E-state index is -0.648. The van der Waals surface area contributed by atoms with Crippen molar-refractivity contribution in [3.63, 3.8) is 0 Å². The van der Waals surface area contributed by atoms with Gasteiger partial charge in [0.2, 0.25) is 5.95 Å². The second-order valence-corrected chi connectivity index (χ2v) is 6.41. The molecule has 0 amide bonds. The number of nitrogens with one attached hydrogen (secondary N) is 1. The van der Waals surface area contributed by atoms with E-state index in [0.29, 0.717) is 6.04 Å². The number of aromatic nitrogens is 2. The Kier molecular flexibility index (Phi) is 3.33. The van der Waals surface area contributed by atoms with Gasteiger partial charge < -0.3 is 11.1 Å². The molecule has 0 spiro atoms. The van der Waals surface area contributed by atoms with Gasteiger partial charge in [0.05, 0.1) is 5.52 Å². The lowest BCUT2D eigenvalue weighted by Crippen LogP contribution is -2.29. The number of anilines is 2. The van der Waals surface area contributed by atoms with Crippen molar-refractivity contribution in [1.29, 1.82) is 0 Å². The monoisotopic (exact) mass is 276 g/mol. The molecule has 5 nitrogen and oxygen atoms in total. The Hall–Kier alpha value is -1.69. The number of rotatable bonds is 2. The summed E-state index contributed by atoms with van der Waals surface area (Å²) in [5, 5.41) is 4.40. The van der Waals surface area contributed by atoms with Gasteiger partial charge in [0.1, 0.15) is 5.82 Å². The first-order valence-corrected chi connectivity index (χ1v) is 7.85. The predicted molar refractivity (Wildman–Crippen MR) is 78.5 cm³/mol. The van der Waals surface area contributed by atoms with Gasteiger partial charge in [-0.1, -0.05) is 12.1 Å². The predicted octanol–water partition coefficient (Wildman–Crippen LogP) is 1.53. The summed E-state index contributed by atoms with van der Waals surface area (Å²) in [5.74, 6) is 2.58. The van der Waals surface area contributed by atoms with Gasteiger partial charge in [-0.25, -0.2) is 4.98 Å². The van der Waals surface area contributed by atoms with Crippen LogP contribution >= 0.6 is 0 Å². The van der Waals surface area contributed by atoms with Gasteiger partial charge in [-0.2, -0.15) is 4.98 Å². The van der Waals surface area contributed by atoms with Crippen LogP contribution in [-0.4, -0.2) is 31.7 Å². The summed E-state index contributed by atoms with van der Waals surface area (Å²) >= 11 is 0. The SMILES string of the molecule is Nc1nc(NC2CCS(=O)CC2)c2ccccc2n1. The van der Waals surface area contributed by atoms with E-state index in [2.05, 4.69) is 15.3 Å². The van der Waals surface area contributed by atoms with Crippen molar-refractivity contribution < 1.29 is 4.21 Å². The quantitative estimate of drug-likeness (QED) is 0.869. The molecule has 1 aliphatic rings. The zero-order chi connectivity index (χ0) is 13.2. The number of benzene rings is 1. The number of hydrogen-bond acceptors (Lipinski definition) is 5. The first-order valence-electron chi connectivity index (χ1n) is 6.36. The Morgan fingerprint density at radius 1 is 1.21 bits per heavy atom. The van der Waals surface area contributed by atoms with E-state index in [1.54, 1.807) is 0 Å². The summed E-state index contributed by atoms with van der Waals surface area (Å²) < 4.78 is 11.4. The zero-order valence-corrected chi connectivity index (χ0v) is 11.3. The number of fused-ring (bicyclic) bond motifs is 1. The minimum Gasteiger partial charge on any atom is -0.368 e. The fourth-order valence-electron chi connectivity index (χ4n) is 2.34. The molecule has 3 N–H and O–H groups in total. The van der Waals surface area contributed by atoms with Gasteiger partial charge in [-0.3, -0.25) is 4.21 Å². The Labute approximate surface area is 114 Å². The number of nitrogen functional groups attached to an aromatic ring is 1. The Bertz CT molecular complexity index is 621. The summed E-state index contributed by atoms with van der Waals surface area (Å²) in [6, 6.07) is 8.12. The zero-order valence-electron chi connectivity index (χ0n) is 10.5. The van der Waals surface area contributed by atoms with E-state index in [1.807, 2.05) is 24.3 Å². The van der Waals surface area contributed by atoms with Crippen LogP contribution in [0.2, 0.25) is 0 Å². The molecule has 0 radical (unpaired) electrons. The molecule has 19 heavy (non-hydrogen) atoms. The summed E-state index contributed by atoms with van der Waals surface area (Å²) in [6.45, 7) is 0. The normalized spacial score (nSPS) is 23.4. The molecule has 1 aliphatic heterocycles. The van der Waals surface area contributed by atoms with E-state index in [4.69, 9.17) is 5.73 Å². The molecule has 0 atom stereocenters. The highest BCUT2D eigenvalue weighted by Gasteiger charge is 2.19. The molecule has 1 saturated heterocycles. The molecule has 0 bridgehead atoms. The molecule has 2 heterocycles. The summed E-state index contributed by atoms with van der Waals surface area (Å²) in [6.07, 6.45) is 1.82. The maximum atomic E-state index is 11.4. The Balaban J connectivity index is 1.89. The second-order valence-electron chi connectivity index (χ2n) is 4.71. The van der Waals surface area contributed by atoms with Crippen LogP contribution in [0.25, 0.3) is 10.9 Å². The topological polar surface area (TPSA) is 80.9 Å². The van der Waals surface area contributed by atoms with E-state index in [-0.39, 0.29) is 5.95 Å². The van der Waals surface area contributed by atoms with E-state index >= 15 is 0 Å². The van der Waals surface area contributed by atoms with Crippen LogP contribution < -0.4 is 11.1 Å². The van der Waals surface area contributed by atoms with E-state index in [9.17, 15) is 4.21 Å². The molecule has 100 valence electrons. The first-order chi connectivity index (χ1) is 9.22. The smallest absolute Gasteiger partial charge is 0.222 e. The molecule has 1 aromatic heterocycles. The molecule has 1 fully saturated rings. The lowest BCUT2D eigenvalue weighted by atomic mass is 10.1. The fourth-order valence-corrected chi connectivity index (χ4v) is 3.64. The van der Waals surface area contributed by atoms with Gasteiger partial charge in [-0.15, -0.1) is 0 Å².